The minimum absolute atomic E-state index is 0.0139. The fourth-order valence-electron chi connectivity index (χ4n) is 2.45. The van der Waals surface area contributed by atoms with Gasteiger partial charge in [0.05, 0.1) is 19.1 Å². The second-order valence-corrected chi connectivity index (χ2v) is 5.90. The van der Waals surface area contributed by atoms with Crippen molar-refractivity contribution in [1.82, 2.24) is 5.32 Å². The van der Waals surface area contributed by atoms with Crippen LogP contribution >= 0.6 is 0 Å². The molecule has 4 nitrogen and oxygen atoms in total. The average Bonchev–Trinajstić information content (AvgIpc) is 2.54. The van der Waals surface area contributed by atoms with Crippen LogP contribution in [-0.2, 0) is 16.9 Å². The highest BCUT2D eigenvalue weighted by molar-refractivity contribution is 5.77. The molecule has 4 heteroatoms. The molecule has 23 heavy (non-hydrogen) atoms. The van der Waals surface area contributed by atoms with E-state index < -0.39 is 5.60 Å². The van der Waals surface area contributed by atoms with E-state index in [1.54, 1.807) is 14.0 Å². The van der Waals surface area contributed by atoms with Crippen LogP contribution in [0.15, 0.2) is 48.5 Å². The number of rotatable bonds is 6. The fourth-order valence-corrected chi connectivity index (χ4v) is 2.45. The van der Waals surface area contributed by atoms with E-state index in [0.717, 1.165) is 22.4 Å². The first-order chi connectivity index (χ1) is 10.9. The van der Waals surface area contributed by atoms with Gasteiger partial charge in [0.1, 0.15) is 5.75 Å². The number of ether oxygens (including phenoxy) is 1. The molecule has 0 bridgehead atoms. The van der Waals surface area contributed by atoms with Crippen LogP contribution in [0.1, 0.15) is 30.0 Å². The van der Waals surface area contributed by atoms with Crippen molar-refractivity contribution in [2.75, 3.05) is 7.11 Å². The predicted molar refractivity (Wildman–Crippen MR) is 90.2 cm³/mol. The molecule has 1 amide bonds. The lowest BCUT2D eigenvalue weighted by Gasteiger charge is -2.23. The van der Waals surface area contributed by atoms with Crippen LogP contribution in [0, 0.1) is 6.92 Å². The molecule has 2 aromatic carbocycles. The van der Waals surface area contributed by atoms with Crippen LogP contribution in [0.2, 0.25) is 0 Å². The molecule has 0 aliphatic heterocycles. The van der Waals surface area contributed by atoms with Gasteiger partial charge in [0.2, 0.25) is 5.91 Å². The first-order valence-corrected chi connectivity index (χ1v) is 7.60. The quantitative estimate of drug-likeness (QED) is 0.862. The Morgan fingerprint density at radius 1 is 1.22 bits per heavy atom. The summed E-state index contributed by atoms with van der Waals surface area (Å²) in [6.45, 7) is 4.02. The number of hydrogen-bond donors (Lipinski definition) is 2. The van der Waals surface area contributed by atoms with E-state index in [1.165, 1.54) is 0 Å². The van der Waals surface area contributed by atoms with Crippen molar-refractivity contribution < 1.29 is 14.6 Å². The number of aryl methyl sites for hydroxylation is 1. The minimum Gasteiger partial charge on any atom is -0.496 e. The maximum atomic E-state index is 12.1. The van der Waals surface area contributed by atoms with Gasteiger partial charge in [-0.05, 0) is 36.6 Å². The van der Waals surface area contributed by atoms with Crippen molar-refractivity contribution in [2.45, 2.75) is 32.4 Å². The fraction of sp³-hybridized carbons (Fsp3) is 0.316. The van der Waals surface area contributed by atoms with Crippen molar-refractivity contribution in [2.24, 2.45) is 0 Å². The molecular weight excluding hydrogens is 290 g/mol. The molecule has 0 saturated carbocycles. The smallest absolute Gasteiger partial charge is 0.223 e. The van der Waals surface area contributed by atoms with Crippen LogP contribution < -0.4 is 10.1 Å². The summed E-state index contributed by atoms with van der Waals surface area (Å²) >= 11 is 0. The van der Waals surface area contributed by atoms with Gasteiger partial charge < -0.3 is 15.2 Å². The second kappa shape index (κ2) is 7.29. The standard InChI is InChI=1S/C19H23NO3/c1-14-9-10-15(11-17(14)23-3)13-20-18(21)12-19(2,22)16-7-5-4-6-8-16/h4-11,22H,12-13H2,1-3H3,(H,20,21). The molecule has 0 saturated heterocycles. The molecule has 1 atom stereocenters. The van der Waals surface area contributed by atoms with Gasteiger partial charge in [0, 0.05) is 6.54 Å². The highest BCUT2D eigenvalue weighted by Crippen LogP contribution is 2.24. The normalized spacial score (nSPS) is 13.2. The van der Waals surface area contributed by atoms with Crippen LogP contribution in [0.4, 0.5) is 0 Å². The molecular formula is C19H23NO3. The maximum absolute atomic E-state index is 12.1. The van der Waals surface area contributed by atoms with E-state index >= 15 is 0 Å². The number of carbonyl (C=O) groups excluding carboxylic acids is 1. The van der Waals surface area contributed by atoms with Gasteiger partial charge >= 0.3 is 0 Å². The number of benzene rings is 2. The molecule has 122 valence electrons. The summed E-state index contributed by atoms with van der Waals surface area (Å²) in [6, 6.07) is 15.0. The van der Waals surface area contributed by atoms with E-state index in [-0.39, 0.29) is 12.3 Å². The van der Waals surface area contributed by atoms with Crippen molar-refractivity contribution in [1.29, 1.82) is 0 Å². The number of carbonyl (C=O) groups is 1. The summed E-state index contributed by atoms with van der Waals surface area (Å²) in [4.78, 5) is 12.1. The van der Waals surface area contributed by atoms with Crippen LogP contribution in [0.5, 0.6) is 5.75 Å². The van der Waals surface area contributed by atoms with Crippen LogP contribution in [-0.4, -0.2) is 18.1 Å². The summed E-state index contributed by atoms with van der Waals surface area (Å²) in [7, 11) is 1.63. The van der Waals surface area contributed by atoms with Crippen molar-refractivity contribution in [3.63, 3.8) is 0 Å². The zero-order valence-corrected chi connectivity index (χ0v) is 13.8. The van der Waals surface area contributed by atoms with Gasteiger partial charge in [-0.1, -0.05) is 42.5 Å². The van der Waals surface area contributed by atoms with Gasteiger partial charge in [-0.25, -0.2) is 0 Å². The monoisotopic (exact) mass is 313 g/mol. The van der Waals surface area contributed by atoms with Gasteiger partial charge in [0.25, 0.3) is 0 Å². The first kappa shape index (κ1) is 17.0. The van der Waals surface area contributed by atoms with Gasteiger partial charge in [-0.2, -0.15) is 0 Å². The second-order valence-electron chi connectivity index (χ2n) is 5.90. The summed E-state index contributed by atoms with van der Waals surface area (Å²) in [5.74, 6) is 0.603. The molecule has 1 unspecified atom stereocenters. The van der Waals surface area contributed by atoms with Gasteiger partial charge in [-0.15, -0.1) is 0 Å². The van der Waals surface area contributed by atoms with Crippen molar-refractivity contribution in [3.05, 3.63) is 65.2 Å². The molecule has 2 N–H and O–H groups in total. The lowest BCUT2D eigenvalue weighted by Crippen LogP contribution is -2.32. The van der Waals surface area contributed by atoms with Gasteiger partial charge in [0.15, 0.2) is 0 Å². The van der Waals surface area contributed by atoms with Crippen LogP contribution in [0.3, 0.4) is 0 Å². The number of amides is 1. The Morgan fingerprint density at radius 2 is 1.91 bits per heavy atom. The Morgan fingerprint density at radius 3 is 2.57 bits per heavy atom. The number of methoxy groups -OCH3 is 1. The Balaban J connectivity index is 1.95. The zero-order chi connectivity index (χ0) is 16.9. The molecule has 0 aliphatic carbocycles. The predicted octanol–water partition coefficient (Wildman–Crippen LogP) is 2.92. The van der Waals surface area contributed by atoms with Gasteiger partial charge in [-0.3, -0.25) is 4.79 Å². The third kappa shape index (κ3) is 4.57. The molecule has 0 radical (unpaired) electrons. The van der Waals surface area contributed by atoms with E-state index in [9.17, 15) is 9.90 Å². The molecule has 0 heterocycles. The summed E-state index contributed by atoms with van der Waals surface area (Å²) in [6.07, 6.45) is 0.0139. The van der Waals surface area contributed by atoms with E-state index in [2.05, 4.69) is 5.32 Å². The summed E-state index contributed by atoms with van der Waals surface area (Å²) < 4.78 is 5.28. The SMILES string of the molecule is COc1cc(CNC(=O)CC(C)(O)c2ccccc2)ccc1C. The zero-order valence-electron chi connectivity index (χ0n) is 13.8. The molecule has 0 aromatic heterocycles. The average molecular weight is 313 g/mol. The molecule has 0 aliphatic rings. The Hall–Kier alpha value is -2.33. The third-order valence-electron chi connectivity index (χ3n) is 3.86. The molecule has 0 fully saturated rings. The molecule has 2 rings (SSSR count). The number of nitrogens with one attached hydrogen (secondary N) is 1. The molecule has 2 aromatic rings. The Kier molecular flexibility index (Phi) is 5.40. The highest BCUT2D eigenvalue weighted by atomic mass is 16.5. The maximum Gasteiger partial charge on any atom is 0.223 e. The van der Waals surface area contributed by atoms with E-state index in [1.807, 2.05) is 55.5 Å². The first-order valence-electron chi connectivity index (χ1n) is 7.60. The topological polar surface area (TPSA) is 58.6 Å². The lowest BCUT2D eigenvalue weighted by molar-refractivity contribution is -0.126. The highest BCUT2D eigenvalue weighted by Gasteiger charge is 2.26. The number of aliphatic hydroxyl groups is 1. The molecule has 0 spiro atoms. The Bertz CT molecular complexity index is 666. The Labute approximate surface area is 137 Å². The van der Waals surface area contributed by atoms with Crippen molar-refractivity contribution in [3.8, 4) is 5.75 Å². The number of hydrogen-bond acceptors (Lipinski definition) is 3. The largest absolute Gasteiger partial charge is 0.496 e. The lowest BCUT2D eigenvalue weighted by atomic mass is 9.92. The van der Waals surface area contributed by atoms with Crippen LogP contribution in [0.25, 0.3) is 0 Å². The third-order valence-corrected chi connectivity index (χ3v) is 3.86. The minimum atomic E-state index is -1.18. The van der Waals surface area contributed by atoms with Crippen molar-refractivity contribution >= 4 is 5.91 Å². The summed E-state index contributed by atoms with van der Waals surface area (Å²) in [5.41, 5.74) is 1.55. The van der Waals surface area contributed by atoms with E-state index in [4.69, 9.17) is 4.74 Å². The van der Waals surface area contributed by atoms with E-state index in [0.29, 0.717) is 6.54 Å². The summed E-state index contributed by atoms with van der Waals surface area (Å²) in [5, 5.41) is 13.3.